The second-order valence-corrected chi connectivity index (χ2v) is 16.1. The predicted octanol–water partition coefficient (Wildman–Crippen LogP) is 4.63. The number of para-hydroxylation sites is 1. The van der Waals surface area contributed by atoms with Crippen molar-refractivity contribution in [3.63, 3.8) is 0 Å². The maximum atomic E-state index is 14.6. The van der Waals surface area contributed by atoms with Gasteiger partial charge in [0.1, 0.15) is 30.6 Å². The van der Waals surface area contributed by atoms with Crippen molar-refractivity contribution in [1.29, 1.82) is 5.26 Å². The number of nitrogens with two attached hydrogens (primary N) is 2. The number of carbonyl (C=O) groups is 3. The van der Waals surface area contributed by atoms with Crippen LogP contribution in [-0.4, -0.2) is 70.6 Å². The van der Waals surface area contributed by atoms with Crippen molar-refractivity contribution in [3.05, 3.63) is 60.4 Å². The highest BCUT2D eigenvalue weighted by atomic mass is 31.2. The van der Waals surface area contributed by atoms with Gasteiger partial charge in [-0.25, -0.2) is 9.08 Å². The number of hydrogen-bond acceptors (Lipinski definition) is 14. The van der Waals surface area contributed by atoms with Crippen molar-refractivity contribution < 1.29 is 46.9 Å². The fraction of sp³-hybridized carbons (Fsp3) is 0.541. The molecule has 0 radical (unpaired) electrons. The zero-order chi connectivity index (χ0) is 39.2. The van der Waals surface area contributed by atoms with Gasteiger partial charge in [0.2, 0.25) is 5.60 Å². The lowest BCUT2D eigenvalue weighted by Gasteiger charge is -2.31. The molecule has 3 heterocycles. The van der Waals surface area contributed by atoms with E-state index in [-0.39, 0.29) is 24.3 Å². The van der Waals surface area contributed by atoms with E-state index in [1.165, 1.54) is 29.8 Å². The zero-order valence-corrected chi connectivity index (χ0v) is 32.0. The van der Waals surface area contributed by atoms with Crippen LogP contribution in [0.4, 0.5) is 5.69 Å². The quantitative estimate of drug-likeness (QED) is 0.109. The molecule has 16 nitrogen and oxygen atoms in total. The maximum absolute atomic E-state index is 14.6. The summed E-state index contributed by atoms with van der Waals surface area (Å²) < 4.78 is 51.7. The lowest BCUT2D eigenvalue weighted by molar-refractivity contribution is -0.173. The highest BCUT2D eigenvalue weighted by molar-refractivity contribution is 7.52. The Hall–Kier alpha value is -4.52. The normalized spacial score (nSPS) is 25.8. The van der Waals surface area contributed by atoms with Crippen LogP contribution in [0.1, 0.15) is 72.1 Å². The SMILES string of the molecule is CC(C)C(=O)O[C@H]1[C@H](c2ccc3c(N)ccnn23)O[C@](C#N)(COP(=O)(N[C@@H](C)C(=O)OC[C@H]2CC[C@H](N)CC2)Oc2ccccc2)[C@H]1OC(=O)C(C)C. The number of benzene rings is 1. The van der Waals surface area contributed by atoms with Crippen LogP contribution in [0.25, 0.3) is 5.52 Å². The van der Waals surface area contributed by atoms with Crippen molar-refractivity contribution in [2.45, 2.75) is 96.3 Å². The summed E-state index contributed by atoms with van der Waals surface area (Å²) in [6, 6.07) is 14.0. The van der Waals surface area contributed by atoms with E-state index in [9.17, 15) is 24.2 Å². The summed E-state index contributed by atoms with van der Waals surface area (Å²) in [6.45, 7) is 7.21. The van der Waals surface area contributed by atoms with Gasteiger partial charge in [-0.15, -0.1) is 0 Å². The van der Waals surface area contributed by atoms with Crippen molar-refractivity contribution >= 4 is 36.9 Å². The molecule has 2 fully saturated rings. The van der Waals surface area contributed by atoms with Crippen LogP contribution in [0.5, 0.6) is 5.75 Å². The predicted molar refractivity (Wildman–Crippen MR) is 195 cm³/mol. The highest BCUT2D eigenvalue weighted by Gasteiger charge is 2.62. The molecular weight excluding hydrogens is 719 g/mol. The monoisotopic (exact) mass is 768 g/mol. The number of nitrogens with one attached hydrogen (secondary N) is 1. The number of nitriles is 1. The molecule has 6 atom stereocenters. The summed E-state index contributed by atoms with van der Waals surface area (Å²) in [7, 11) is -4.57. The van der Waals surface area contributed by atoms with Gasteiger partial charge in [-0.05, 0) is 68.9 Å². The van der Waals surface area contributed by atoms with Crippen LogP contribution in [-0.2, 0) is 42.4 Å². The second kappa shape index (κ2) is 17.3. The third-order valence-electron chi connectivity index (χ3n) is 9.41. The molecule has 2 aliphatic rings. The molecule has 2 aromatic heterocycles. The number of fused-ring (bicyclic) bond motifs is 1. The van der Waals surface area contributed by atoms with Gasteiger partial charge in [-0.3, -0.25) is 18.9 Å². The molecule has 1 saturated carbocycles. The summed E-state index contributed by atoms with van der Waals surface area (Å²) in [6.07, 6.45) is 0.518. The molecule has 54 heavy (non-hydrogen) atoms. The number of aromatic nitrogens is 2. The molecule has 1 aromatic carbocycles. The van der Waals surface area contributed by atoms with Gasteiger partial charge in [-0.1, -0.05) is 45.9 Å². The Kier molecular flexibility index (Phi) is 13.0. The number of nitrogens with zero attached hydrogens (tertiary/aromatic N) is 3. The Labute approximate surface area is 314 Å². The Bertz CT molecular complexity index is 1880. The average Bonchev–Trinajstić information content (AvgIpc) is 3.70. The Morgan fingerprint density at radius 1 is 1.00 bits per heavy atom. The Morgan fingerprint density at radius 3 is 2.31 bits per heavy atom. The molecule has 1 aliphatic heterocycles. The lowest BCUT2D eigenvalue weighted by Crippen LogP contribution is -2.50. The number of carbonyl (C=O) groups excluding carboxylic acids is 3. The van der Waals surface area contributed by atoms with E-state index in [1.807, 2.05) is 0 Å². The van der Waals surface area contributed by atoms with Gasteiger partial charge >= 0.3 is 25.7 Å². The number of anilines is 1. The molecule has 0 bridgehead atoms. The molecule has 1 unspecified atom stereocenters. The van der Waals surface area contributed by atoms with E-state index in [4.69, 9.17) is 39.5 Å². The van der Waals surface area contributed by atoms with Crippen LogP contribution < -0.4 is 21.1 Å². The number of hydrogen-bond donors (Lipinski definition) is 3. The van der Waals surface area contributed by atoms with Gasteiger partial charge in [0.05, 0.1) is 35.3 Å². The van der Waals surface area contributed by atoms with E-state index in [1.54, 1.807) is 64.1 Å². The third-order valence-corrected chi connectivity index (χ3v) is 11.0. The first-order chi connectivity index (χ1) is 25.6. The average molecular weight is 769 g/mol. The minimum atomic E-state index is -4.57. The summed E-state index contributed by atoms with van der Waals surface area (Å²) in [5, 5.41) is 17.9. The van der Waals surface area contributed by atoms with Crippen molar-refractivity contribution in [3.8, 4) is 11.8 Å². The topological polar surface area (TPSA) is 229 Å². The van der Waals surface area contributed by atoms with Crippen molar-refractivity contribution in [2.75, 3.05) is 18.9 Å². The Balaban J connectivity index is 1.48. The van der Waals surface area contributed by atoms with Gasteiger partial charge in [0.25, 0.3) is 0 Å². The zero-order valence-electron chi connectivity index (χ0n) is 31.1. The first-order valence-electron chi connectivity index (χ1n) is 18.1. The number of ether oxygens (including phenoxy) is 4. The number of rotatable bonds is 15. The maximum Gasteiger partial charge on any atom is 0.459 e. The first kappa shape index (κ1) is 40.7. The van der Waals surface area contributed by atoms with Gasteiger partial charge in [0.15, 0.2) is 12.2 Å². The molecule has 5 N–H and O–H groups in total. The number of esters is 3. The van der Waals surface area contributed by atoms with Crippen LogP contribution >= 0.6 is 7.75 Å². The van der Waals surface area contributed by atoms with Gasteiger partial charge in [-0.2, -0.15) is 15.4 Å². The minimum absolute atomic E-state index is 0.124. The lowest BCUT2D eigenvalue weighted by atomic mass is 9.87. The minimum Gasteiger partial charge on any atom is -0.464 e. The molecule has 0 amide bonds. The molecule has 1 aliphatic carbocycles. The standard InChI is InChI=1S/C37H49N6O10P/c1-22(2)34(44)50-32-31(30-16-15-29-28(40)17-18-41-43(29)30)52-37(20-38,33(32)51-35(45)23(3)4)21-49-54(47,53-27-9-7-6-8-10-27)42-24(5)36(46)48-19-25-11-13-26(39)14-12-25/h6-10,15-18,22-26,31-33H,11-14,19,21,39-40H2,1-5H3,(H,42,47)/t24-,25-,26-,31-,32-,33-,37+,54?/m0/s1. The first-order valence-corrected chi connectivity index (χ1v) is 19.6. The van der Waals surface area contributed by atoms with Crippen molar-refractivity contribution in [2.24, 2.45) is 23.5 Å². The third kappa shape index (κ3) is 9.40. The summed E-state index contributed by atoms with van der Waals surface area (Å²) in [5.74, 6) is -3.09. The molecule has 17 heteroatoms. The molecule has 5 rings (SSSR count). The van der Waals surface area contributed by atoms with Gasteiger partial charge < -0.3 is 34.9 Å². The fourth-order valence-electron chi connectivity index (χ4n) is 6.20. The summed E-state index contributed by atoms with van der Waals surface area (Å²) in [4.78, 5) is 39.6. The largest absolute Gasteiger partial charge is 0.464 e. The van der Waals surface area contributed by atoms with Crippen molar-refractivity contribution in [1.82, 2.24) is 14.7 Å². The smallest absolute Gasteiger partial charge is 0.459 e. The van der Waals surface area contributed by atoms with Crippen LogP contribution in [0.2, 0.25) is 0 Å². The second-order valence-electron chi connectivity index (χ2n) is 14.4. The molecule has 0 spiro atoms. The summed E-state index contributed by atoms with van der Waals surface area (Å²) in [5.41, 5.74) is 11.2. The van der Waals surface area contributed by atoms with Crippen LogP contribution in [0, 0.1) is 29.1 Å². The molecular formula is C37H49N6O10P. The van der Waals surface area contributed by atoms with Gasteiger partial charge in [0, 0.05) is 12.2 Å². The van der Waals surface area contributed by atoms with E-state index >= 15 is 0 Å². The van der Waals surface area contributed by atoms with E-state index in [0.29, 0.717) is 16.9 Å². The number of nitrogen functional groups attached to an aromatic ring is 1. The summed E-state index contributed by atoms with van der Waals surface area (Å²) >= 11 is 0. The fourth-order valence-corrected chi connectivity index (χ4v) is 7.72. The Morgan fingerprint density at radius 2 is 1.67 bits per heavy atom. The molecule has 3 aromatic rings. The van der Waals surface area contributed by atoms with E-state index < -0.39 is 74.1 Å². The van der Waals surface area contributed by atoms with E-state index in [2.05, 4.69) is 16.3 Å². The van der Waals surface area contributed by atoms with E-state index in [0.717, 1.165) is 25.7 Å². The van der Waals surface area contributed by atoms with Crippen LogP contribution in [0.3, 0.4) is 0 Å². The molecule has 1 saturated heterocycles. The highest BCUT2D eigenvalue weighted by Crippen LogP contribution is 2.50. The van der Waals surface area contributed by atoms with Crippen LogP contribution in [0.15, 0.2) is 54.7 Å². The molecule has 292 valence electrons.